The Kier molecular flexibility index (Phi) is 5.59. The molecule has 6 heteroatoms. The molecule has 0 saturated carbocycles. The number of anilines is 1. The maximum atomic E-state index is 12.5. The summed E-state index contributed by atoms with van der Waals surface area (Å²) in [7, 11) is 0. The first-order valence-corrected chi connectivity index (χ1v) is 7.96. The number of para-hydroxylation sites is 2. The number of hydrogen-bond acceptors (Lipinski definition) is 2. The van der Waals surface area contributed by atoms with Crippen LogP contribution in [0.1, 0.15) is 17.3 Å². The van der Waals surface area contributed by atoms with E-state index < -0.39 is 0 Å². The molecule has 0 aliphatic heterocycles. The van der Waals surface area contributed by atoms with Crippen molar-refractivity contribution in [2.24, 2.45) is 0 Å². The van der Waals surface area contributed by atoms with Gasteiger partial charge < -0.3 is 17.0 Å². The Morgan fingerprint density at radius 2 is 1.83 bits per heavy atom. The Morgan fingerprint density at radius 3 is 2.48 bits per heavy atom. The summed E-state index contributed by atoms with van der Waals surface area (Å²) in [6.45, 7) is 3.05. The second-order valence-corrected chi connectivity index (χ2v) is 6.02. The topological polar surface area (TPSA) is 51.9 Å². The summed E-state index contributed by atoms with van der Waals surface area (Å²) in [6.07, 6.45) is 0. The van der Waals surface area contributed by atoms with Crippen LogP contribution in [-0.4, -0.2) is 10.4 Å². The zero-order valence-corrected chi connectivity index (χ0v) is 15.8. The molecule has 1 heterocycles. The molecule has 23 heavy (non-hydrogen) atoms. The van der Waals surface area contributed by atoms with Crippen molar-refractivity contribution in [2.75, 3.05) is 5.73 Å². The first kappa shape index (κ1) is 17.7. The molecular weight excluding hydrogens is 422 g/mol. The number of rotatable bonds is 4. The molecule has 2 aromatic carbocycles. The number of hydrogen-bond donors (Lipinski definition) is 1. The minimum absolute atomic E-state index is 0. The van der Waals surface area contributed by atoms with Gasteiger partial charge in [0.25, 0.3) is 0 Å². The molecular formula is C17H17Br2N3O. The van der Waals surface area contributed by atoms with Gasteiger partial charge >= 0.3 is 5.95 Å². The number of ketones is 1. The first-order valence-electron chi connectivity index (χ1n) is 7.17. The fourth-order valence-corrected chi connectivity index (χ4v) is 2.95. The average molecular weight is 439 g/mol. The molecule has 0 fully saturated rings. The highest BCUT2D eigenvalue weighted by Gasteiger charge is 2.21. The van der Waals surface area contributed by atoms with Crippen molar-refractivity contribution in [2.45, 2.75) is 20.0 Å². The zero-order valence-electron chi connectivity index (χ0n) is 12.7. The molecule has 0 radical (unpaired) electrons. The minimum Gasteiger partial charge on any atom is -1.00 e. The summed E-state index contributed by atoms with van der Waals surface area (Å²) in [5, 5.41) is 0. The number of Topliss-reactive ketones (excluding diaryl/α,β-unsaturated/α-hetero) is 1. The van der Waals surface area contributed by atoms with Gasteiger partial charge in [-0.2, -0.15) is 0 Å². The Labute approximate surface area is 153 Å². The van der Waals surface area contributed by atoms with E-state index in [1.807, 2.05) is 64.6 Å². The number of carbonyl (C=O) groups excluding carboxylic acids is 1. The number of nitrogens with zero attached hydrogens (tertiary/aromatic N) is 2. The van der Waals surface area contributed by atoms with Gasteiger partial charge in [-0.1, -0.05) is 40.2 Å². The van der Waals surface area contributed by atoms with Crippen LogP contribution in [-0.2, 0) is 13.1 Å². The van der Waals surface area contributed by atoms with Gasteiger partial charge in [-0.25, -0.2) is 9.13 Å². The Morgan fingerprint density at radius 1 is 1.17 bits per heavy atom. The maximum Gasteiger partial charge on any atom is 0.356 e. The molecule has 2 N–H and O–H groups in total. The van der Waals surface area contributed by atoms with E-state index in [0.717, 1.165) is 22.1 Å². The Balaban J connectivity index is 0.00000192. The normalized spacial score (nSPS) is 10.5. The van der Waals surface area contributed by atoms with Crippen molar-refractivity contribution in [3.63, 3.8) is 0 Å². The number of aromatic nitrogens is 2. The van der Waals surface area contributed by atoms with E-state index in [4.69, 9.17) is 5.73 Å². The van der Waals surface area contributed by atoms with Gasteiger partial charge in [0.05, 0.1) is 6.54 Å². The van der Waals surface area contributed by atoms with Crippen molar-refractivity contribution < 1.29 is 26.3 Å². The largest absolute Gasteiger partial charge is 1.00 e. The molecule has 3 aromatic rings. The van der Waals surface area contributed by atoms with Gasteiger partial charge in [0, 0.05) is 10.0 Å². The molecule has 0 amide bonds. The van der Waals surface area contributed by atoms with Gasteiger partial charge in [0.1, 0.15) is 17.6 Å². The van der Waals surface area contributed by atoms with Gasteiger partial charge in [0.15, 0.2) is 5.78 Å². The summed E-state index contributed by atoms with van der Waals surface area (Å²) in [5.74, 6) is 0.650. The molecule has 0 spiro atoms. The lowest BCUT2D eigenvalue weighted by atomic mass is 10.1. The number of halogens is 2. The fraction of sp³-hybridized carbons (Fsp3) is 0.176. The number of benzene rings is 2. The minimum atomic E-state index is 0. The van der Waals surface area contributed by atoms with Crippen LogP contribution in [0.4, 0.5) is 5.95 Å². The number of aryl methyl sites for hydroxylation is 1. The molecule has 120 valence electrons. The molecule has 0 unspecified atom stereocenters. The molecule has 0 aliphatic carbocycles. The average Bonchev–Trinajstić information content (AvgIpc) is 2.80. The van der Waals surface area contributed by atoms with Crippen molar-refractivity contribution in [3.8, 4) is 0 Å². The van der Waals surface area contributed by atoms with Crippen LogP contribution in [0.5, 0.6) is 0 Å². The van der Waals surface area contributed by atoms with Crippen LogP contribution in [0.25, 0.3) is 11.0 Å². The van der Waals surface area contributed by atoms with Crippen LogP contribution >= 0.6 is 15.9 Å². The zero-order chi connectivity index (χ0) is 15.7. The summed E-state index contributed by atoms with van der Waals surface area (Å²) in [5.41, 5.74) is 8.95. The van der Waals surface area contributed by atoms with E-state index in [1.54, 1.807) is 0 Å². The predicted molar refractivity (Wildman–Crippen MR) is 90.7 cm³/mol. The van der Waals surface area contributed by atoms with Crippen LogP contribution in [0, 0.1) is 0 Å². The number of imidazole rings is 1. The van der Waals surface area contributed by atoms with Gasteiger partial charge in [0.2, 0.25) is 0 Å². The standard InChI is InChI=1S/C17H16BrN3O.BrH/c1-2-20-14-5-3-4-6-15(14)21(17(20)19)11-16(22)12-7-9-13(18)10-8-12;/h3-10,19H,2,11H2,1H3;1H. The van der Waals surface area contributed by atoms with Crippen molar-refractivity contribution in [3.05, 3.63) is 58.6 Å². The number of fused-ring (bicyclic) bond motifs is 1. The third kappa shape index (κ3) is 3.33. The van der Waals surface area contributed by atoms with Gasteiger partial charge in [-0.15, -0.1) is 0 Å². The molecule has 0 saturated heterocycles. The molecule has 0 atom stereocenters. The van der Waals surface area contributed by atoms with Crippen LogP contribution in [0.2, 0.25) is 0 Å². The SMILES string of the molecule is CCn1c(N)[n+](CC(=O)c2ccc(Br)cc2)c2ccccc21.[Br-]. The quantitative estimate of drug-likeness (QED) is 0.466. The third-order valence-electron chi connectivity index (χ3n) is 3.80. The number of nitrogen functional groups attached to an aromatic ring is 1. The van der Waals surface area contributed by atoms with Crippen LogP contribution in [0.15, 0.2) is 53.0 Å². The van der Waals surface area contributed by atoms with E-state index in [1.165, 1.54) is 0 Å². The highest BCUT2D eigenvalue weighted by molar-refractivity contribution is 9.10. The molecule has 0 bridgehead atoms. The number of carbonyl (C=O) groups is 1. The summed E-state index contributed by atoms with van der Waals surface area (Å²) >= 11 is 3.38. The van der Waals surface area contributed by atoms with Crippen LogP contribution < -0.4 is 27.3 Å². The highest BCUT2D eigenvalue weighted by Crippen LogP contribution is 2.16. The number of nitrogens with two attached hydrogens (primary N) is 1. The van der Waals surface area contributed by atoms with Gasteiger partial charge in [-0.3, -0.25) is 10.5 Å². The fourth-order valence-electron chi connectivity index (χ4n) is 2.68. The summed E-state index contributed by atoms with van der Waals surface area (Å²) in [6, 6.07) is 15.3. The lowest BCUT2D eigenvalue weighted by Gasteiger charge is -2.02. The van der Waals surface area contributed by atoms with E-state index in [0.29, 0.717) is 11.5 Å². The van der Waals surface area contributed by atoms with E-state index in [9.17, 15) is 4.79 Å². The summed E-state index contributed by atoms with van der Waals surface area (Å²) in [4.78, 5) is 12.5. The van der Waals surface area contributed by atoms with Crippen molar-refractivity contribution >= 4 is 38.7 Å². The molecule has 3 rings (SSSR count). The van der Waals surface area contributed by atoms with Gasteiger partial charge in [-0.05, 0) is 31.2 Å². The van der Waals surface area contributed by atoms with E-state index >= 15 is 0 Å². The maximum absolute atomic E-state index is 12.5. The van der Waals surface area contributed by atoms with Crippen molar-refractivity contribution in [1.82, 2.24) is 4.57 Å². The van der Waals surface area contributed by atoms with Crippen molar-refractivity contribution in [1.29, 1.82) is 0 Å². The predicted octanol–water partition coefficient (Wildman–Crippen LogP) is 0.180. The smallest absolute Gasteiger partial charge is 0.356 e. The monoisotopic (exact) mass is 437 g/mol. The second kappa shape index (κ2) is 7.27. The third-order valence-corrected chi connectivity index (χ3v) is 4.33. The Bertz CT molecular complexity index is 841. The lowest BCUT2D eigenvalue weighted by Crippen LogP contribution is -3.00. The molecule has 1 aromatic heterocycles. The van der Waals surface area contributed by atoms with Crippen LogP contribution in [0.3, 0.4) is 0 Å². The van der Waals surface area contributed by atoms with E-state index in [2.05, 4.69) is 15.9 Å². The molecule has 0 aliphatic rings. The summed E-state index contributed by atoms with van der Waals surface area (Å²) < 4.78 is 4.85. The molecule has 4 nitrogen and oxygen atoms in total. The Hall–Kier alpha value is -1.66. The highest BCUT2D eigenvalue weighted by atomic mass is 79.9. The van der Waals surface area contributed by atoms with E-state index in [-0.39, 0.29) is 29.3 Å². The lowest BCUT2D eigenvalue weighted by molar-refractivity contribution is -0.642. The second-order valence-electron chi connectivity index (χ2n) is 5.11. The first-order chi connectivity index (χ1) is 10.6.